The van der Waals surface area contributed by atoms with Gasteiger partial charge >= 0.3 is 10.1 Å². The van der Waals surface area contributed by atoms with Crippen molar-refractivity contribution in [2.24, 2.45) is 0 Å². The largest absolute Gasteiger partial charge is 0.368 e. The van der Waals surface area contributed by atoms with Crippen molar-refractivity contribution in [1.29, 1.82) is 0 Å². The number of hydroxylamine groups is 1. The molecule has 1 aliphatic heterocycles. The summed E-state index contributed by atoms with van der Waals surface area (Å²) in [5.41, 5.74) is 2.15. The summed E-state index contributed by atoms with van der Waals surface area (Å²) >= 11 is 0. The van der Waals surface area contributed by atoms with E-state index in [0.29, 0.717) is 0 Å². The van der Waals surface area contributed by atoms with Crippen LogP contribution in [-0.4, -0.2) is 13.0 Å². The minimum absolute atomic E-state index is 0.505. The van der Waals surface area contributed by atoms with Crippen LogP contribution < -0.4 is 5.48 Å². The number of allylic oxidation sites excluding steroid dienone is 2. The first-order valence-corrected chi connectivity index (χ1v) is 3.81. The second-order valence-electron chi connectivity index (χ2n) is 1.54. The maximum absolute atomic E-state index is 10.3. The van der Waals surface area contributed by atoms with Gasteiger partial charge in [-0.15, -0.1) is 0 Å². The van der Waals surface area contributed by atoms with Gasteiger partial charge < -0.3 is 4.84 Å². The third-order valence-corrected chi connectivity index (χ3v) is 1.54. The lowest BCUT2D eigenvalue weighted by Gasteiger charge is -2.07. The highest BCUT2D eigenvalue weighted by molar-refractivity contribution is 7.89. The Kier molecular flexibility index (Phi) is 1.64. The van der Waals surface area contributed by atoms with E-state index in [-0.39, 0.29) is 0 Å². The molecule has 0 amide bonds. The van der Waals surface area contributed by atoms with E-state index in [9.17, 15) is 8.42 Å². The van der Waals surface area contributed by atoms with Gasteiger partial charge in [0.1, 0.15) is 0 Å². The normalized spacial score (nSPS) is 17.1. The maximum atomic E-state index is 10.3. The molecule has 2 N–H and O–H groups in total. The van der Waals surface area contributed by atoms with Gasteiger partial charge in [-0.25, -0.2) is 5.48 Å². The van der Waals surface area contributed by atoms with Crippen LogP contribution >= 0.6 is 0 Å². The fourth-order valence-electron chi connectivity index (χ4n) is 0.431. The Morgan fingerprint density at radius 3 is 2.60 bits per heavy atom. The van der Waals surface area contributed by atoms with E-state index in [2.05, 4.69) is 10.3 Å². The first kappa shape index (κ1) is 7.10. The van der Waals surface area contributed by atoms with E-state index in [0.717, 1.165) is 6.08 Å². The molecule has 0 radical (unpaired) electrons. The zero-order chi connectivity index (χ0) is 7.61. The summed E-state index contributed by atoms with van der Waals surface area (Å²) in [6.45, 7) is 0. The Labute approximate surface area is 57.7 Å². The van der Waals surface area contributed by atoms with Crippen LogP contribution in [0.2, 0.25) is 0 Å². The predicted octanol–water partition coefficient (Wildman–Crippen LogP) is -0.236. The zero-order valence-corrected chi connectivity index (χ0v) is 5.63. The summed E-state index contributed by atoms with van der Waals surface area (Å²) in [5.74, 6) is 0. The molecule has 0 aliphatic carbocycles. The van der Waals surface area contributed by atoms with Crippen molar-refractivity contribution >= 4 is 10.1 Å². The molecule has 0 unspecified atom stereocenters. The van der Waals surface area contributed by atoms with Gasteiger partial charge in [-0.3, -0.25) is 4.55 Å². The van der Waals surface area contributed by atoms with Crippen LogP contribution in [0.1, 0.15) is 0 Å². The van der Waals surface area contributed by atoms with Crippen LogP contribution in [0, 0.1) is 0 Å². The lowest BCUT2D eigenvalue weighted by Crippen LogP contribution is -2.15. The zero-order valence-electron chi connectivity index (χ0n) is 4.81. The lowest BCUT2D eigenvalue weighted by atomic mass is 10.6. The van der Waals surface area contributed by atoms with Crippen LogP contribution in [0.3, 0.4) is 0 Å². The van der Waals surface area contributed by atoms with Crippen molar-refractivity contribution in [2.45, 2.75) is 0 Å². The quantitative estimate of drug-likeness (QED) is 0.522. The molecule has 1 rings (SSSR count). The average Bonchev–Trinajstić information content (AvgIpc) is 1.88. The molecule has 0 aromatic rings. The van der Waals surface area contributed by atoms with E-state index in [1.165, 1.54) is 12.3 Å². The standard InChI is InChI=1S/C4H5NO4S/c6-10(7,8)4-2-1-3-5-9-4/h1-3,5H,(H,6,7,8). The Morgan fingerprint density at radius 1 is 1.60 bits per heavy atom. The van der Waals surface area contributed by atoms with Gasteiger partial charge in [-0.05, 0) is 12.2 Å². The van der Waals surface area contributed by atoms with Gasteiger partial charge in [0.15, 0.2) is 0 Å². The second kappa shape index (κ2) is 2.31. The summed E-state index contributed by atoms with van der Waals surface area (Å²) in [4.78, 5) is 4.33. The smallest absolute Gasteiger partial charge is 0.330 e. The van der Waals surface area contributed by atoms with E-state index in [4.69, 9.17) is 4.55 Å². The van der Waals surface area contributed by atoms with E-state index in [1.54, 1.807) is 0 Å². The van der Waals surface area contributed by atoms with E-state index in [1.807, 2.05) is 0 Å². The molecule has 1 aliphatic rings. The Bertz CT molecular complexity index is 276. The van der Waals surface area contributed by atoms with Gasteiger partial charge in [-0.2, -0.15) is 8.42 Å². The number of hydrogen-bond donors (Lipinski definition) is 2. The molecule has 10 heavy (non-hydrogen) atoms. The molecule has 0 aromatic carbocycles. The molecule has 1 heterocycles. The van der Waals surface area contributed by atoms with Crippen molar-refractivity contribution in [1.82, 2.24) is 5.48 Å². The third kappa shape index (κ3) is 1.49. The van der Waals surface area contributed by atoms with Crippen molar-refractivity contribution in [3.63, 3.8) is 0 Å². The van der Waals surface area contributed by atoms with Crippen molar-refractivity contribution < 1.29 is 17.8 Å². The topological polar surface area (TPSA) is 75.6 Å². The number of nitrogens with one attached hydrogen (secondary N) is 1. The molecule has 6 heteroatoms. The minimum atomic E-state index is -4.20. The molecule has 0 saturated heterocycles. The van der Waals surface area contributed by atoms with Crippen molar-refractivity contribution in [2.75, 3.05) is 0 Å². The average molecular weight is 163 g/mol. The predicted molar refractivity (Wildman–Crippen MR) is 33.0 cm³/mol. The molecule has 0 bridgehead atoms. The van der Waals surface area contributed by atoms with E-state index >= 15 is 0 Å². The highest BCUT2D eigenvalue weighted by Crippen LogP contribution is 2.06. The second-order valence-corrected chi connectivity index (χ2v) is 2.89. The van der Waals surface area contributed by atoms with Crippen LogP contribution in [0.5, 0.6) is 0 Å². The fourth-order valence-corrected chi connectivity index (χ4v) is 0.835. The third-order valence-electron chi connectivity index (χ3n) is 0.810. The summed E-state index contributed by atoms with van der Waals surface area (Å²) in [6.07, 6.45) is 3.91. The van der Waals surface area contributed by atoms with Crippen LogP contribution in [0.4, 0.5) is 0 Å². The van der Waals surface area contributed by atoms with Crippen LogP contribution in [-0.2, 0) is 15.0 Å². The number of hydrogen-bond acceptors (Lipinski definition) is 4. The van der Waals surface area contributed by atoms with Crippen LogP contribution in [0.15, 0.2) is 23.4 Å². The molecule has 56 valence electrons. The molecule has 0 saturated carbocycles. The van der Waals surface area contributed by atoms with Crippen molar-refractivity contribution in [3.05, 3.63) is 23.4 Å². The molecule has 0 spiro atoms. The number of rotatable bonds is 1. The fraction of sp³-hybridized carbons (Fsp3) is 0. The summed E-state index contributed by atoms with van der Waals surface area (Å²) in [7, 11) is -4.20. The molecule has 0 atom stereocenters. The Morgan fingerprint density at radius 2 is 2.30 bits per heavy atom. The van der Waals surface area contributed by atoms with Gasteiger partial charge in [0, 0.05) is 6.20 Å². The molecular weight excluding hydrogens is 158 g/mol. The molecular formula is C4H5NO4S. The highest BCUT2D eigenvalue weighted by Gasteiger charge is 2.15. The first-order chi connectivity index (χ1) is 4.61. The minimum Gasteiger partial charge on any atom is -0.368 e. The van der Waals surface area contributed by atoms with Crippen molar-refractivity contribution in [3.8, 4) is 0 Å². The summed E-state index contributed by atoms with van der Waals surface area (Å²) < 4.78 is 28.9. The summed E-state index contributed by atoms with van der Waals surface area (Å²) in [5, 5.41) is -0.505. The molecule has 0 fully saturated rings. The monoisotopic (exact) mass is 163 g/mol. The highest BCUT2D eigenvalue weighted by atomic mass is 32.2. The van der Waals surface area contributed by atoms with Crippen LogP contribution in [0.25, 0.3) is 0 Å². The van der Waals surface area contributed by atoms with Gasteiger partial charge in [-0.1, -0.05) is 0 Å². The molecule has 5 nitrogen and oxygen atoms in total. The van der Waals surface area contributed by atoms with Gasteiger partial charge in [0.05, 0.1) is 0 Å². The molecule has 0 aromatic heterocycles. The Hall–Kier alpha value is -1.01. The van der Waals surface area contributed by atoms with Gasteiger partial charge in [0.25, 0.3) is 5.09 Å². The lowest BCUT2D eigenvalue weighted by molar-refractivity contribution is 0.154. The first-order valence-electron chi connectivity index (χ1n) is 2.37. The van der Waals surface area contributed by atoms with Gasteiger partial charge in [0.2, 0.25) is 0 Å². The summed E-state index contributed by atoms with van der Waals surface area (Å²) in [6, 6.07) is 0. The SMILES string of the molecule is O=S(=O)(O)C1=CC=CNO1. The maximum Gasteiger partial charge on any atom is 0.330 e. The van der Waals surface area contributed by atoms with E-state index < -0.39 is 15.2 Å². The Balaban J connectivity index is 2.93.